The molecule has 0 aromatic heterocycles. The van der Waals surface area contributed by atoms with E-state index in [1.807, 2.05) is 41.3 Å². The molecular weight excluding hydrogens is 345 g/mol. The average molecular weight is 365 g/mol. The van der Waals surface area contributed by atoms with E-state index in [0.29, 0.717) is 44.1 Å². The molecule has 1 heterocycles. The van der Waals surface area contributed by atoms with Crippen molar-refractivity contribution in [3.63, 3.8) is 0 Å². The van der Waals surface area contributed by atoms with Crippen LogP contribution in [0.4, 0.5) is 10.1 Å². The Labute approximate surface area is 157 Å². The van der Waals surface area contributed by atoms with Gasteiger partial charge in [-0.05, 0) is 29.3 Å². The smallest absolute Gasteiger partial charge is 0.262 e. The van der Waals surface area contributed by atoms with Crippen LogP contribution >= 0.6 is 0 Å². The second-order valence-corrected chi connectivity index (χ2v) is 6.15. The number of ether oxygens (including phenoxy) is 1. The van der Waals surface area contributed by atoms with Crippen LogP contribution in [-0.2, 0) is 16.1 Å². The number of nitriles is 1. The van der Waals surface area contributed by atoms with E-state index >= 15 is 0 Å². The lowest BCUT2D eigenvalue weighted by Crippen LogP contribution is -2.36. The number of carbonyl (C=O) groups is 1. The summed E-state index contributed by atoms with van der Waals surface area (Å²) in [6.45, 7) is 2.74. The fourth-order valence-electron chi connectivity index (χ4n) is 2.86. The molecule has 5 nitrogen and oxygen atoms in total. The van der Waals surface area contributed by atoms with Crippen LogP contribution in [0, 0.1) is 17.1 Å². The summed E-state index contributed by atoms with van der Waals surface area (Å²) in [4.78, 5) is 14.2. The summed E-state index contributed by atoms with van der Waals surface area (Å²) in [6, 6.07) is 16.0. The molecule has 0 unspecified atom stereocenters. The summed E-state index contributed by atoms with van der Waals surface area (Å²) in [7, 11) is 0. The van der Waals surface area contributed by atoms with Gasteiger partial charge in [-0.15, -0.1) is 0 Å². The number of hydrogen-bond acceptors (Lipinski definition) is 4. The maximum Gasteiger partial charge on any atom is 0.262 e. The number of morpholine rings is 1. The minimum Gasteiger partial charge on any atom is -0.378 e. The molecule has 0 bridgehead atoms. The highest BCUT2D eigenvalue weighted by Crippen LogP contribution is 2.22. The normalized spacial score (nSPS) is 14.5. The van der Waals surface area contributed by atoms with Crippen molar-refractivity contribution in [3.8, 4) is 6.07 Å². The molecule has 0 atom stereocenters. The first kappa shape index (κ1) is 18.6. The third-order valence-electron chi connectivity index (χ3n) is 4.30. The second-order valence-electron chi connectivity index (χ2n) is 6.15. The summed E-state index contributed by atoms with van der Waals surface area (Å²) in [5.74, 6) is -0.869. The van der Waals surface area contributed by atoms with Gasteiger partial charge in [-0.1, -0.05) is 36.4 Å². The monoisotopic (exact) mass is 365 g/mol. The highest BCUT2D eigenvalue weighted by molar-refractivity contribution is 6.01. The molecule has 1 aliphatic heterocycles. The Kier molecular flexibility index (Phi) is 6.18. The summed E-state index contributed by atoms with van der Waals surface area (Å²) in [6.07, 6.45) is 1.40. The maximum absolute atomic E-state index is 14.5. The van der Waals surface area contributed by atoms with Crippen LogP contribution in [0.2, 0.25) is 0 Å². The van der Waals surface area contributed by atoms with E-state index in [2.05, 4.69) is 5.32 Å². The van der Waals surface area contributed by atoms with Crippen LogP contribution in [0.3, 0.4) is 0 Å². The molecule has 1 fully saturated rings. The number of nitrogens with zero attached hydrogens (tertiary/aromatic N) is 2. The maximum atomic E-state index is 14.5. The summed E-state index contributed by atoms with van der Waals surface area (Å²) in [5, 5.41) is 12.0. The van der Waals surface area contributed by atoms with Crippen LogP contribution in [0.5, 0.6) is 0 Å². The summed E-state index contributed by atoms with van der Waals surface area (Å²) >= 11 is 0. The topological polar surface area (TPSA) is 65.4 Å². The lowest BCUT2D eigenvalue weighted by Gasteiger charge is -2.29. The molecular formula is C21H20FN3O2. The van der Waals surface area contributed by atoms with Crippen molar-refractivity contribution in [2.75, 3.05) is 31.2 Å². The van der Waals surface area contributed by atoms with Crippen LogP contribution in [0.15, 0.2) is 54.1 Å². The second kappa shape index (κ2) is 8.97. The highest BCUT2D eigenvalue weighted by atomic mass is 19.1. The third kappa shape index (κ3) is 4.93. The quantitative estimate of drug-likeness (QED) is 0.654. The van der Waals surface area contributed by atoms with Gasteiger partial charge < -0.3 is 15.0 Å². The van der Waals surface area contributed by atoms with Gasteiger partial charge in [-0.3, -0.25) is 4.79 Å². The first-order valence-electron chi connectivity index (χ1n) is 8.73. The molecule has 2 aromatic rings. The van der Waals surface area contributed by atoms with Crippen LogP contribution in [-0.4, -0.2) is 32.2 Å². The van der Waals surface area contributed by atoms with Gasteiger partial charge in [0.05, 0.1) is 18.9 Å². The minimum atomic E-state index is -0.487. The number of anilines is 1. The molecule has 1 aliphatic rings. The standard InChI is InChI=1S/C21H20FN3O2/c22-19-13-17(6-7-20(19)25-8-10-27-11-9-25)12-18(14-23)21(26)24-15-16-4-2-1-3-5-16/h1-7,12-13H,8-11,15H2,(H,24,26)/b18-12-. The van der Waals surface area contributed by atoms with Crippen molar-refractivity contribution in [2.45, 2.75) is 6.54 Å². The van der Waals surface area contributed by atoms with Crippen molar-refractivity contribution in [1.29, 1.82) is 5.26 Å². The minimum absolute atomic E-state index is 0.0653. The number of carbonyl (C=O) groups excluding carboxylic acids is 1. The van der Waals surface area contributed by atoms with E-state index in [1.54, 1.807) is 12.1 Å². The predicted molar refractivity (Wildman–Crippen MR) is 101 cm³/mol. The van der Waals surface area contributed by atoms with E-state index in [-0.39, 0.29) is 11.4 Å². The Bertz CT molecular complexity index is 869. The average Bonchev–Trinajstić information content (AvgIpc) is 2.71. The molecule has 1 amide bonds. The van der Waals surface area contributed by atoms with Crippen LogP contribution < -0.4 is 10.2 Å². The molecule has 27 heavy (non-hydrogen) atoms. The Morgan fingerprint density at radius 3 is 2.63 bits per heavy atom. The molecule has 1 N–H and O–H groups in total. The number of halogens is 1. The SMILES string of the molecule is N#C/C(=C/c1ccc(N2CCOCC2)c(F)c1)C(=O)NCc1ccccc1. The molecule has 138 valence electrons. The molecule has 3 rings (SSSR count). The van der Waals surface area contributed by atoms with Gasteiger partial charge in [0.1, 0.15) is 17.5 Å². The number of nitrogens with one attached hydrogen (secondary N) is 1. The summed E-state index contributed by atoms with van der Waals surface area (Å²) in [5.41, 5.74) is 1.84. The molecule has 0 spiro atoms. The Morgan fingerprint density at radius 2 is 1.96 bits per heavy atom. The van der Waals surface area contributed by atoms with Crippen molar-refractivity contribution in [1.82, 2.24) is 5.32 Å². The molecule has 0 aliphatic carbocycles. The number of benzene rings is 2. The molecule has 2 aromatic carbocycles. The zero-order valence-corrected chi connectivity index (χ0v) is 14.8. The molecule has 6 heteroatoms. The lowest BCUT2D eigenvalue weighted by molar-refractivity contribution is -0.117. The Hall–Kier alpha value is -3.17. The van der Waals surface area contributed by atoms with E-state index < -0.39 is 5.91 Å². The van der Waals surface area contributed by atoms with Gasteiger partial charge in [0.15, 0.2) is 0 Å². The Morgan fingerprint density at radius 1 is 1.22 bits per heavy atom. The predicted octanol–water partition coefficient (Wildman–Crippen LogP) is 2.89. The van der Waals surface area contributed by atoms with Gasteiger partial charge in [0.2, 0.25) is 0 Å². The number of hydrogen-bond donors (Lipinski definition) is 1. The highest BCUT2D eigenvalue weighted by Gasteiger charge is 2.15. The summed E-state index contributed by atoms with van der Waals surface area (Å²) < 4.78 is 19.7. The zero-order chi connectivity index (χ0) is 19.1. The van der Waals surface area contributed by atoms with Crippen LogP contribution in [0.25, 0.3) is 6.08 Å². The van der Waals surface area contributed by atoms with E-state index in [0.717, 1.165) is 5.56 Å². The van der Waals surface area contributed by atoms with Crippen LogP contribution in [0.1, 0.15) is 11.1 Å². The number of rotatable bonds is 5. The van der Waals surface area contributed by atoms with Gasteiger partial charge >= 0.3 is 0 Å². The first-order valence-corrected chi connectivity index (χ1v) is 8.73. The van der Waals surface area contributed by atoms with Gasteiger partial charge in [-0.25, -0.2) is 4.39 Å². The fourth-order valence-corrected chi connectivity index (χ4v) is 2.86. The van der Waals surface area contributed by atoms with Crippen molar-refractivity contribution >= 4 is 17.7 Å². The zero-order valence-electron chi connectivity index (χ0n) is 14.8. The Balaban J connectivity index is 1.70. The van der Waals surface area contributed by atoms with Crippen molar-refractivity contribution < 1.29 is 13.9 Å². The van der Waals surface area contributed by atoms with E-state index in [9.17, 15) is 14.4 Å². The first-order chi connectivity index (χ1) is 13.2. The molecule has 1 saturated heterocycles. The van der Waals surface area contributed by atoms with Gasteiger partial charge in [-0.2, -0.15) is 5.26 Å². The van der Waals surface area contributed by atoms with E-state index in [1.165, 1.54) is 12.1 Å². The van der Waals surface area contributed by atoms with Gasteiger partial charge in [0, 0.05) is 19.6 Å². The lowest BCUT2D eigenvalue weighted by atomic mass is 10.1. The number of amides is 1. The molecule has 0 radical (unpaired) electrons. The van der Waals surface area contributed by atoms with E-state index in [4.69, 9.17) is 4.74 Å². The molecule has 0 saturated carbocycles. The van der Waals surface area contributed by atoms with Crippen molar-refractivity contribution in [2.24, 2.45) is 0 Å². The largest absolute Gasteiger partial charge is 0.378 e. The van der Waals surface area contributed by atoms with Gasteiger partial charge in [0.25, 0.3) is 5.91 Å². The third-order valence-corrected chi connectivity index (χ3v) is 4.30. The fraction of sp³-hybridized carbons (Fsp3) is 0.238. The van der Waals surface area contributed by atoms with Crippen molar-refractivity contribution in [3.05, 3.63) is 71.0 Å².